The van der Waals surface area contributed by atoms with E-state index < -0.39 is 5.60 Å². The van der Waals surface area contributed by atoms with Crippen LogP contribution in [-0.2, 0) is 10.4 Å². The Labute approximate surface area is 137 Å². The predicted molar refractivity (Wildman–Crippen MR) is 90.3 cm³/mol. The number of rotatable bonds is 7. The number of aliphatic hydroxyl groups is 1. The average Bonchev–Trinajstić information content (AvgIpc) is 2.54. The molecule has 1 unspecified atom stereocenters. The molecular formula is C19H23NO3. The molecule has 4 heteroatoms. The fourth-order valence-electron chi connectivity index (χ4n) is 2.27. The van der Waals surface area contributed by atoms with Gasteiger partial charge in [0.15, 0.2) is 0 Å². The van der Waals surface area contributed by atoms with E-state index in [1.54, 1.807) is 6.92 Å². The van der Waals surface area contributed by atoms with Gasteiger partial charge in [0, 0.05) is 0 Å². The van der Waals surface area contributed by atoms with E-state index in [-0.39, 0.29) is 12.3 Å². The Morgan fingerprint density at radius 3 is 2.43 bits per heavy atom. The Morgan fingerprint density at radius 2 is 1.78 bits per heavy atom. The van der Waals surface area contributed by atoms with Crippen LogP contribution in [0.2, 0.25) is 0 Å². The molecule has 0 bridgehead atoms. The van der Waals surface area contributed by atoms with Crippen molar-refractivity contribution in [2.24, 2.45) is 0 Å². The summed E-state index contributed by atoms with van der Waals surface area (Å²) >= 11 is 0. The maximum absolute atomic E-state index is 12.0. The number of hydrogen-bond acceptors (Lipinski definition) is 3. The number of ether oxygens (including phenoxy) is 1. The fourth-order valence-corrected chi connectivity index (χ4v) is 2.27. The Morgan fingerprint density at radius 1 is 1.13 bits per heavy atom. The van der Waals surface area contributed by atoms with E-state index in [2.05, 4.69) is 5.32 Å². The number of hydrogen-bond donors (Lipinski definition) is 2. The van der Waals surface area contributed by atoms with Crippen LogP contribution in [0.5, 0.6) is 5.75 Å². The lowest BCUT2D eigenvalue weighted by molar-refractivity contribution is -0.125. The highest BCUT2D eigenvalue weighted by molar-refractivity contribution is 5.77. The summed E-state index contributed by atoms with van der Waals surface area (Å²) in [6.45, 7) is 4.45. The number of aryl methyl sites for hydroxylation is 1. The van der Waals surface area contributed by atoms with Gasteiger partial charge in [-0.2, -0.15) is 0 Å². The van der Waals surface area contributed by atoms with Crippen LogP contribution in [0.1, 0.15) is 24.5 Å². The second kappa shape index (κ2) is 7.79. The molecule has 0 aliphatic rings. The van der Waals surface area contributed by atoms with Gasteiger partial charge in [0.2, 0.25) is 5.91 Å². The molecule has 1 amide bonds. The summed E-state index contributed by atoms with van der Waals surface area (Å²) in [5.74, 6) is 0.576. The number of carbonyl (C=O) groups is 1. The second-order valence-electron chi connectivity index (χ2n) is 5.83. The maximum Gasteiger partial charge on any atom is 0.223 e. The number of benzene rings is 2. The van der Waals surface area contributed by atoms with Crippen LogP contribution < -0.4 is 10.1 Å². The molecule has 0 saturated heterocycles. The van der Waals surface area contributed by atoms with Gasteiger partial charge in [0.25, 0.3) is 0 Å². The van der Waals surface area contributed by atoms with Crippen molar-refractivity contribution in [1.82, 2.24) is 5.32 Å². The van der Waals surface area contributed by atoms with Gasteiger partial charge in [-0.05, 0) is 31.5 Å². The summed E-state index contributed by atoms with van der Waals surface area (Å²) in [7, 11) is 0. The molecule has 2 rings (SSSR count). The Hall–Kier alpha value is -2.33. The normalized spacial score (nSPS) is 13.2. The molecule has 122 valence electrons. The van der Waals surface area contributed by atoms with Crippen molar-refractivity contribution in [1.29, 1.82) is 0 Å². The third kappa shape index (κ3) is 5.42. The minimum Gasteiger partial charge on any atom is -0.492 e. The van der Waals surface area contributed by atoms with Crippen molar-refractivity contribution in [2.45, 2.75) is 25.9 Å². The molecule has 0 heterocycles. The minimum absolute atomic E-state index is 0.0154. The molecule has 4 nitrogen and oxygen atoms in total. The average molecular weight is 313 g/mol. The molecule has 2 aromatic carbocycles. The highest BCUT2D eigenvalue weighted by atomic mass is 16.5. The second-order valence-corrected chi connectivity index (χ2v) is 5.83. The quantitative estimate of drug-likeness (QED) is 0.773. The highest BCUT2D eigenvalue weighted by Gasteiger charge is 2.26. The van der Waals surface area contributed by atoms with Crippen molar-refractivity contribution >= 4 is 5.91 Å². The van der Waals surface area contributed by atoms with Crippen molar-refractivity contribution in [3.05, 3.63) is 65.7 Å². The monoisotopic (exact) mass is 313 g/mol. The summed E-state index contributed by atoms with van der Waals surface area (Å²) in [5.41, 5.74) is 0.725. The van der Waals surface area contributed by atoms with Crippen molar-refractivity contribution < 1.29 is 14.6 Å². The van der Waals surface area contributed by atoms with Crippen LogP contribution in [0.15, 0.2) is 54.6 Å². The van der Waals surface area contributed by atoms with Gasteiger partial charge in [-0.1, -0.05) is 48.0 Å². The van der Waals surface area contributed by atoms with Crippen LogP contribution in [0.3, 0.4) is 0 Å². The zero-order valence-corrected chi connectivity index (χ0v) is 13.6. The fraction of sp³-hybridized carbons (Fsp3) is 0.316. The van der Waals surface area contributed by atoms with Gasteiger partial charge in [-0.25, -0.2) is 0 Å². The van der Waals surface area contributed by atoms with E-state index in [0.29, 0.717) is 13.2 Å². The van der Waals surface area contributed by atoms with Crippen LogP contribution in [0.4, 0.5) is 0 Å². The van der Waals surface area contributed by atoms with Crippen LogP contribution in [-0.4, -0.2) is 24.2 Å². The smallest absolute Gasteiger partial charge is 0.223 e. The summed E-state index contributed by atoms with van der Waals surface area (Å²) in [6.07, 6.45) is 0.0154. The Kier molecular flexibility index (Phi) is 5.77. The maximum atomic E-state index is 12.0. The van der Waals surface area contributed by atoms with E-state index in [1.807, 2.05) is 61.5 Å². The Balaban J connectivity index is 1.73. The number of carbonyl (C=O) groups excluding carboxylic acids is 1. The lowest BCUT2D eigenvalue weighted by Crippen LogP contribution is -2.34. The standard InChI is InChI=1S/C19H23NO3/c1-15-8-10-17(11-9-15)23-13-12-20-18(21)14-19(2,22)16-6-4-3-5-7-16/h3-11,22H,12-14H2,1-2H3,(H,20,21). The van der Waals surface area contributed by atoms with Gasteiger partial charge in [0.05, 0.1) is 18.6 Å². The summed E-state index contributed by atoms with van der Waals surface area (Å²) in [6, 6.07) is 16.9. The first-order chi connectivity index (χ1) is 11.0. The summed E-state index contributed by atoms with van der Waals surface area (Å²) in [4.78, 5) is 12.0. The first-order valence-electron chi connectivity index (χ1n) is 7.71. The van der Waals surface area contributed by atoms with Crippen LogP contribution in [0, 0.1) is 6.92 Å². The van der Waals surface area contributed by atoms with Crippen molar-refractivity contribution in [3.63, 3.8) is 0 Å². The molecule has 0 saturated carbocycles. The van der Waals surface area contributed by atoms with Crippen LogP contribution in [0.25, 0.3) is 0 Å². The first kappa shape index (κ1) is 17.0. The molecular weight excluding hydrogens is 290 g/mol. The molecule has 2 N–H and O–H groups in total. The lowest BCUT2D eigenvalue weighted by atomic mass is 9.92. The first-order valence-corrected chi connectivity index (χ1v) is 7.71. The summed E-state index contributed by atoms with van der Waals surface area (Å²) in [5, 5.41) is 13.2. The van der Waals surface area contributed by atoms with Gasteiger partial charge in [-0.15, -0.1) is 0 Å². The molecule has 2 aromatic rings. The van der Waals surface area contributed by atoms with Crippen molar-refractivity contribution in [3.8, 4) is 5.75 Å². The molecule has 0 aliphatic carbocycles. The molecule has 0 aliphatic heterocycles. The largest absolute Gasteiger partial charge is 0.492 e. The van der Waals surface area contributed by atoms with E-state index in [4.69, 9.17) is 4.74 Å². The Bertz CT molecular complexity index is 621. The minimum atomic E-state index is -1.18. The zero-order valence-electron chi connectivity index (χ0n) is 13.6. The molecule has 23 heavy (non-hydrogen) atoms. The lowest BCUT2D eigenvalue weighted by Gasteiger charge is -2.23. The van der Waals surface area contributed by atoms with E-state index in [1.165, 1.54) is 5.56 Å². The van der Waals surface area contributed by atoms with E-state index >= 15 is 0 Å². The summed E-state index contributed by atoms with van der Waals surface area (Å²) < 4.78 is 5.55. The molecule has 0 aromatic heterocycles. The van der Waals surface area contributed by atoms with Gasteiger partial charge in [0.1, 0.15) is 12.4 Å². The third-order valence-corrected chi connectivity index (χ3v) is 3.61. The molecule has 1 atom stereocenters. The van der Waals surface area contributed by atoms with Gasteiger partial charge < -0.3 is 15.2 Å². The zero-order chi connectivity index (χ0) is 16.7. The van der Waals surface area contributed by atoms with Crippen molar-refractivity contribution in [2.75, 3.05) is 13.2 Å². The molecule has 0 spiro atoms. The van der Waals surface area contributed by atoms with E-state index in [9.17, 15) is 9.90 Å². The van der Waals surface area contributed by atoms with E-state index in [0.717, 1.165) is 11.3 Å². The topological polar surface area (TPSA) is 58.6 Å². The number of nitrogens with one attached hydrogen (secondary N) is 1. The highest BCUT2D eigenvalue weighted by Crippen LogP contribution is 2.23. The van der Waals surface area contributed by atoms with Gasteiger partial charge >= 0.3 is 0 Å². The predicted octanol–water partition coefficient (Wildman–Crippen LogP) is 2.79. The van der Waals surface area contributed by atoms with Gasteiger partial charge in [-0.3, -0.25) is 4.79 Å². The van der Waals surface area contributed by atoms with Crippen LogP contribution >= 0.6 is 0 Å². The molecule has 0 fully saturated rings. The third-order valence-electron chi connectivity index (χ3n) is 3.61. The molecule has 0 radical (unpaired) electrons. The SMILES string of the molecule is Cc1ccc(OCCNC(=O)CC(C)(O)c2ccccc2)cc1. The number of amides is 1.